The van der Waals surface area contributed by atoms with Crippen LogP contribution in [0.3, 0.4) is 0 Å². The lowest BCUT2D eigenvalue weighted by atomic mass is 9.78. The largest absolute Gasteiger partial charge is 0.393 e. The molecule has 0 aromatic carbocycles. The number of aromatic nitrogens is 5. The molecular formula is C23H27N7O3S. The molecule has 0 saturated heterocycles. The highest BCUT2D eigenvalue weighted by Gasteiger charge is 2.32. The van der Waals surface area contributed by atoms with E-state index in [4.69, 9.17) is 0 Å². The van der Waals surface area contributed by atoms with Gasteiger partial charge in [-0.05, 0) is 37.8 Å². The first-order valence-electron chi connectivity index (χ1n) is 10.6. The highest BCUT2D eigenvalue weighted by molar-refractivity contribution is 7.13. The number of hydrogen-bond acceptors (Lipinski definition) is 9. The molecule has 0 unspecified atom stereocenters. The first-order valence-corrected chi connectivity index (χ1v) is 11.5. The lowest BCUT2D eigenvalue weighted by molar-refractivity contribution is 0.0199. The third-order valence-electron chi connectivity index (χ3n) is 5.88. The Morgan fingerprint density at radius 1 is 1.32 bits per heavy atom. The molecule has 0 spiro atoms. The van der Waals surface area contributed by atoms with E-state index in [1.54, 1.807) is 42.2 Å². The molecule has 0 aliphatic heterocycles. The SMILES string of the molecule is C.CNc1cc(Nc2cccn(-c3ncc(C)s3)c2=O)nc2c(C(=O)C[C@@H]3CC[C@H]3O)cnn12. The lowest BCUT2D eigenvalue weighted by Gasteiger charge is -2.31. The van der Waals surface area contributed by atoms with Crippen molar-refractivity contribution in [1.29, 1.82) is 0 Å². The Morgan fingerprint density at radius 2 is 2.15 bits per heavy atom. The van der Waals surface area contributed by atoms with Gasteiger partial charge in [-0.1, -0.05) is 7.43 Å². The van der Waals surface area contributed by atoms with E-state index in [9.17, 15) is 14.7 Å². The fourth-order valence-electron chi connectivity index (χ4n) is 3.87. The number of Topliss-reactive ketones (excluding diaryl/α,β-unsaturated/α-hetero) is 1. The van der Waals surface area contributed by atoms with Crippen molar-refractivity contribution in [1.82, 2.24) is 24.1 Å². The third-order valence-corrected chi connectivity index (χ3v) is 6.79. The molecule has 178 valence electrons. The minimum Gasteiger partial charge on any atom is -0.393 e. The molecule has 10 nitrogen and oxygen atoms in total. The summed E-state index contributed by atoms with van der Waals surface area (Å²) in [5, 5.41) is 20.9. The van der Waals surface area contributed by atoms with Gasteiger partial charge in [-0.2, -0.15) is 9.61 Å². The van der Waals surface area contributed by atoms with E-state index >= 15 is 0 Å². The quantitative estimate of drug-likeness (QED) is 0.343. The van der Waals surface area contributed by atoms with Gasteiger partial charge >= 0.3 is 0 Å². The van der Waals surface area contributed by atoms with Gasteiger partial charge in [0.05, 0.1) is 17.9 Å². The monoisotopic (exact) mass is 481 g/mol. The topological polar surface area (TPSA) is 126 Å². The summed E-state index contributed by atoms with van der Waals surface area (Å²) in [6, 6.07) is 5.15. The number of fused-ring (bicyclic) bond motifs is 1. The second-order valence-corrected chi connectivity index (χ2v) is 9.29. The molecule has 1 saturated carbocycles. The van der Waals surface area contributed by atoms with Gasteiger partial charge in [-0.3, -0.25) is 14.2 Å². The summed E-state index contributed by atoms with van der Waals surface area (Å²) in [6.07, 6.45) is 6.31. The van der Waals surface area contributed by atoms with Gasteiger partial charge in [0.25, 0.3) is 5.56 Å². The normalized spacial score (nSPS) is 17.1. The number of nitrogens with zero attached hydrogens (tertiary/aromatic N) is 5. The lowest BCUT2D eigenvalue weighted by Crippen LogP contribution is -2.32. The van der Waals surface area contributed by atoms with Crippen molar-refractivity contribution in [2.24, 2.45) is 5.92 Å². The Labute approximate surface area is 200 Å². The van der Waals surface area contributed by atoms with Crippen LogP contribution in [0.1, 0.15) is 41.9 Å². The summed E-state index contributed by atoms with van der Waals surface area (Å²) < 4.78 is 3.03. The molecule has 4 aromatic rings. The summed E-state index contributed by atoms with van der Waals surface area (Å²) in [6.45, 7) is 1.93. The number of nitrogens with one attached hydrogen (secondary N) is 2. The van der Waals surface area contributed by atoms with Crippen molar-refractivity contribution < 1.29 is 9.90 Å². The first kappa shape index (κ1) is 23.6. The van der Waals surface area contributed by atoms with Crippen molar-refractivity contribution in [2.75, 3.05) is 17.7 Å². The Kier molecular flexibility index (Phi) is 6.49. The van der Waals surface area contributed by atoms with Crippen molar-refractivity contribution in [3.05, 3.63) is 57.6 Å². The van der Waals surface area contributed by atoms with E-state index < -0.39 is 6.10 Å². The maximum Gasteiger partial charge on any atom is 0.280 e. The molecule has 5 rings (SSSR count). The Bertz CT molecular complexity index is 1410. The van der Waals surface area contributed by atoms with E-state index in [1.165, 1.54) is 22.1 Å². The molecule has 34 heavy (non-hydrogen) atoms. The number of anilines is 3. The van der Waals surface area contributed by atoms with E-state index in [2.05, 4.69) is 25.7 Å². The maximum absolute atomic E-state index is 13.0. The van der Waals surface area contributed by atoms with E-state index in [0.29, 0.717) is 33.7 Å². The fourth-order valence-corrected chi connectivity index (χ4v) is 4.61. The molecule has 0 amide bonds. The van der Waals surface area contributed by atoms with Gasteiger partial charge in [0.2, 0.25) is 0 Å². The van der Waals surface area contributed by atoms with Gasteiger partial charge in [-0.15, -0.1) is 11.3 Å². The maximum atomic E-state index is 13.0. The summed E-state index contributed by atoms with van der Waals surface area (Å²) in [7, 11) is 1.74. The van der Waals surface area contributed by atoms with Crippen LogP contribution in [-0.4, -0.2) is 48.2 Å². The van der Waals surface area contributed by atoms with Gasteiger partial charge in [0.1, 0.15) is 17.3 Å². The Balaban J connectivity index is 0.00000274. The molecule has 1 aliphatic rings. The number of pyridine rings is 1. The number of aryl methyl sites for hydroxylation is 1. The predicted octanol–water partition coefficient (Wildman–Crippen LogP) is 3.41. The molecule has 4 heterocycles. The molecular weight excluding hydrogens is 454 g/mol. The van der Waals surface area contributed by atoms with Crippen LogP contribution in [0, 0.1) is 12.8 Å². The van der Waals surface area contributed by atoms with Crippen molar-refractivity contribution in [3.8, 4) is 5.13 Å². The number of thiazole rings is 1. The van der Waals surface area contributed by atoms with Crippen LogP contribution in [0.4, 0.5) is 17.3 Å². The van der Waals surface area contributed by atoms with Crippen LogP contribution in [-0.2, 0) is 0 Å². The highest BCUT2D eigenvalue weighted by atomic mass is 32.1. The predicted molar refractivity (Wildman–Crippen MR) is 133 cm³/mol. The summed E-state index contributed by atoms with van der Waals surface area (Å²) in [5.41, 5.74) is 0.838. The minimum absolute atomic E-state index is 0. The molecule has 0 bridgehead atoms. The summed E-state index contributed by atoms with van der Waals surface area (Å²) >= 11 is 1.43. The zero-order valence-electron chi connectivity index (χ0n) is 18.1. The third kappa shape index (κ3) is 4.19. The summed E-state index contributed by atoms with van der Waals surface area (Å²) in [4.78, 5) is 35.8. The smallest absolute Gasteiger partial charge is 0.280 e. The number of aliphatic hydroxyl groups excluding tert-OH is 1. The molecule has 4 aromatic heterocycles. The van der Waals surface area contributed by atoms with Crippen LogP contribution >= 0.6 is 11.3 Å². The zero-order chi connectivity index (χ0) is 23.1. The minimum atomic E-state index is -0.421. The average Bonchev–Trinajstić information content (AvgIpc) is 3.43. The number of aliphatic hydroxyl groups is 1. The van der Waals surface area contributed by atoms with Crippen LogP contribution in [0.2, 0.25) is 0 Å². The molecule has 0 radical (unpaired) electrons. The van der Waals surface area contributed by atoms with Gasteiger partial charge < -0.3 is 15.7 Å². The summed E-state index contributed by atoms with van der Waals surface area (Å²) in [5.74, 6) is 0.878. The number of hydrogen-bond donors (Lipinski definition) is 3. The van der Waals surface area contributed by atoms with Crippen LogP contribution in [0.5, 0.6) is 0 Å². The zero-order valence-corrected chi connectivity index (χ0v) is 19.0. The van der Waals surface area contributed by atoms with Crippen LogP contribution in [0.15, 0.2) is 41.6 Å². The van der Waals surface area contributed by atoms with Gasteiger partial charge in [0, 0.05) is 36.8 Å². The number of carbonyl (C=O) groups excluding carboxylic acids is 1. The van der Waals surface area contributed by atoms with Crippen molar-refractivity contribution >= 4 is 40.1 Å². The van der Waals surface area contributed by atoms with E-state index in [0.717, 1.165) is 17.7 Å². The van der Waals surface area contributed by atoms with Crippen LogP contribution < -0.4 is 16.2 Å². The van der Waals surface area contributed by atoms with E-state index in [-0.39, 0.29) is 31.1 Å². The number of carbonyl (C=O) groups is 1. The number of ketones is 1. The van der Waals surface area contributed by atoms with E-state index in [1.807, 2.05) is 6.92 Å². The molecule has 11 heteroatoms. The molecule has 1 aliphatic carbocycles. The average molecular weight is 482 g/mol. The Hall–Kier alpha value is -3.57. The standard InChI is InChI=1S/C22H23N7O3S.CH4/c1-12-10-24-22(33-12)28-7-3-4-15(21(28)32)26-18-9-19(23-2)29-20(27-18)14(11-25-29)17(31)8-13-5-6-16(13)30;/h3-4,7,9-11,13,16,23,30H,5-6,8H2,1-2H3,(H,26,27);1H4/t13-,16+;/m0./s1. The molecule has 3 N–H and O–H groups in total. The second kappa shape index (κ2) is 9.35. The first-order chi connectivity index (χ1) is 15.9. The fraction of sp³-hybridized carbons (Fsp3) is 0.348. The molecule has 2 atom stereocenters. The highest BCUT2D eigenvalue weighted by Crippen LogP contribution is 2.32. The number of rotatable bonds is 7. The van der Waals surface area contributed by atoms with Crippen molar-refractivity contribution in [3.63, 3.8) is 0 Å². The molecule has 1 fully saturated rings. The second-order valence-electron chi connectivity index (χ2n) is 8.08. The van der Waals surface area contributed by atoms with Crippen molar-refractivity contribution in [2.45, 2.75) is 39.7 Å². The van der Waals surface area contributed by atoms with Gasteiger partial charge in [0.15, 0.2) is 16.6 Å². The van der Waals surface area contributed by atoms with Gasteiger partial charge in [-0.25, -0.2) is 9.97 Å². The van der Waals surface area contributed by atoms with Crippen LogP contribution in [0.25, 0.3) is 10.8 Å². The Morgan fingerprint density at radius 3 is 2.79 bits per heavy atom.